The number of hydrogen-bond acceptors (Lipinski definition) is 21. The van der Waals surface area contributed by atoms with Gasteiger partial charge in [0.15, 0.2) is 18.9 Å². The van der Waals surface area contributed by atoms with Crippen LogP contribution in [0, 0.1) is 5.41 Å². The number of aliphatic hydroxyl groups is 9. The van der Waals surface area contributed by atoms with Gasteiger partial charge in [-0.05, 0) is 57.8 Å². The van der Waals surface area contributed by atoms with Crippen molar-refractivity contribution >= 4 is 17.7 Å². The van der Waals surface area contributed by atoms with Gasteiger partial charge in [-0.1, -0.05) is 6.92 Å². The molecule has 0 radical (unpaired) electrons. The Morgan fingerprint density at radius 1 is 0.426 bits per heavy atom. The van der Waals surface area contributed by atoms with Gasteiger partial charge in [-0.25, -0.2) is 0 Å². The zero-order valence-corrected chi connectivity index (χ0v) is 39.9. The molecule has 3 aliphatic rings. The van der Waals surface area contributed by atoms with Gasteiger partial charge in [0.25, 0.3) is 0 Å². The predicted molar refractivity (Wildman–Crippen MR) is 236 cm³/mol. The van der Waals surface area contributed by atoms with Gasteiger partial charge in [0.1, 0.15) is 73.1 Å². The number of rotatable bonds is 33. The quantitative estimate of drug-likeness (QED) is 0.0283. The smallest absolute Gasteiger partial charge is 0.217 e. The van der Waals surface area contributed by atoms with E-state index in [0.29, 0.717) is 78.2 Å². The number of amides is 3. The molecule has 3 amide bonds. The second kappa shape index (κ2) is 31.9. The fourth-order valence-electron chi connectivity index (χ4n) is 7.97. The van der Waals surface area contributed by atoms with Crippen molar-refractivity contribution in [1.29, 1.82) is 0 Å². The van der Waals surface area contributed by atoms with Crippen molar-refractivity contribution in [3.05, 3.63) is 0 Å². The van der Waals surface area contributed by atoms with Gasteiger partial charge in [0, 0.05) is 65.8 Å². The van der Waals surface area contributed by atoms with E-state index < -0.39 is 135 Å². The van der Waals surface area contributed by atoms with E-state index in [4.69, 9.17) is 42.6 Å². The van der Waals surface area contributed by atoms with E-state index >= 15 is 0 Å². The standard InChI is InChI=1S/C44H81N3O21/c1-26(51)45-32-38(57)35(54)29(20-48)66-41(32)63-17-11-5-8-14-60-23-44(4,24-61-15-9-6-12-18-64-42-33(46-27(2)52)39(58)36(55)30(21-49)67-42)25-62-16-10-7-13-19-65-43-34(47-28(3)53)40(59)37(56)31(22-50)68-43/h29-43,48-50,54-59H,5-25H2,1-4H3,(H,45,51)(H,46,52)(H,47,53)/t29?,30?,31?,32-,33?,34?,35+,36+,37+,38?,39?,40?,41-,42-,43-,44?/m1/s1. The van der Waals surface area contributed by atoms with Crippen molar-refractivity contribution in [2.75, 3.05) is 79.3 Å². The SMILES string of the molecule is CC(=O)NC1C(O)[C@@H](O)C(CO)O[C@H]1OCCCCCOCC(C)(COCCCCCO[C@@H]1OC(CO)[C@H](O)C(O)C1NC(C)=O)COCCCCCO[C@@H]1OC(CO)[C@H](O)C(O)[C@H]1NC(C)=O. The number of aliphatic hydroxyl groups excluding tert-OH is 9. The van der Waals surface area contributed by atoms with Gasteiger partial charge in [0.2, 0.25) is 17.7 Å². The minimum Gasteiger partial charge on any atom is -0.394 e. The molecule has 3 heterocycles. The van der Waals surface area contributed by atoms with E-state index in [1.807, 2.05) is 6.92 Å². The van der Waals surface area contributed by atoms with Crippen molar-refractivity contribution in [2.24, 2.45) is 5.41 Å². The summed E-state index contributed by atoms with van der Waals surface area (Å²) in [4.78, 5) is 35.1. The first-order valence-electron chi connectivity index (χ1n) is 23.7. The Morgan fingerprint density at radius 2 is 0.676 bits per heavy atom. The summed E-state index contributed by atoms with van der Waals surface area (Å²) < 4.78 is 52.5. The maximum absolute atomic E-state index is 11.7. The summed E-state index contributed by atoms with van der Waals surface area (Å²) in [7, 11) is 0. The fraction of sp³-hybridized carbons (Fsp3) is 0.932. The lowest BCUT2D eigenvalue weighted by Crippen LogP contribution is -2.64. The highest BCUT2D eigenvalue weighted by Gasteiger charge is 2.47. The molecule has 68 heavy (non-hydrogen) atoms. The van der Waals surface area contributed by atoms with Crippen molar-refractivity contribution in [3.63, 3.8) is 0 Å². The molecule has 3 aliphatic heterocycles. The van der Waals surface area contributed by atoms with Crippen LogP contribution in [0.15, 0.2) is 0 Å². The van der Waals surface area contributed by atoms with Crippen LogP contribution in [0.4, 0.5) is 0 Å². The topological polar surface area (TPSA) is 352 Å². The van der Waals surface area contributed by atoms with Crippen molar-refractivity contribution in [2.45, 2.75) is 177 Å². The van der Waals surface area contributed by atoms with Crippen LogP contribution >= 0.6 is 0 Å². The Morgan fingerprint density at radius 3 is 0.912 bits per heavy atom. The summed E-state index contributed by atoms with van der Waals surface area (Å²) in [5.41, 5.74) is -0.515. The molecule has 8 unspecified atom stereocenters. The molecule has 0 aromatic rings. The second-order valence-electron chi connectivity index (χ2n) is 18.1. The van der Waals surface area contributed by atoms with Crippen LogP contribution in [0.1, 0.15) is 85.5 Å². The molecule has 0 aromatic heterocycles. The first-order valence-corrected chi connectivity index (χ1v) is 23.7. The van der Waals surface area contributed by atoms with Crippen LogP contribution in [0.2, 0.25) is 0 Å². The summed E-state index contributed by atoms with van der Waals surface area (Å²) in [5, 5.41) is 98.4. The summed E-state index contributed by atoms with van der Waals surface area (Å²) in [6.07, 6.45) is -8.70. The molecule has 3 fully saturated rings. The van der Waals surface area contributed by atoms with Crippen LogP contribution in [-0.2, 0) is 57.0 Å². The number of carbonyl (C=O) groups is 3. The Kier molecular flexibility index (Phi) is 28.1. The third-order valence-electron chi connectivity index (χ3n) is 11.7. The second-order valence-corrected chi connectivity index (χ2v) is 18.1. The fourth-order valence-corrected chi connectivity index (χ4v) is 7.97. The lowest BCUT2D eigenvalue weighted by Gasteiger charge is -2.42. The van der Waals surface area contributed by atoms with Crippen molar-refractivity contribution in [3.8, 4) is 0 Å². The molecule has 0 aliphatic carbocycles. The zero-order chi connectivity index (χ0) is 50.2. The van der Waals surface area contributed by atoms with E-state index in [1.165, 1.54) is 20.8 Å². The maximum atomic E-state index is 11.7. The molecule has 24 heteroatoms. The van der Waals surface area contributed by atoms with Gasteiger partial charge in [-0.15, -0.1) is 0 Å². The van der Waals surface area contributed by atoms with Crippen LogP contribution in [0.3, 0.4) is 0 Å². The zero-order valence-electron chi connectivity index (χ0n) is 39.9. The molecule has 398 valence electrons. The maximum Gasteiger partial charge on any atom is 0.217 e. The Labute approximate surface area is 398 Å². The molecule has 12 N–H and O–H groups in total. The largest absolute Gasteiger partial charge is 0.394 e. The van der Waals surface area contributed by atoms with E-state index in [-0.39, 0.29) is 19.8 Å². The minimum absolute atomic E-state index is 0.228. The monoisotopic (exact) mass is 988 g/mol. The molecule has 15 atom stereocenters. The molecule has 0 aromatic carbocycles. The summed E-state index contributed by atoms with van der Waals surface area (Å²) in [5.74, 6) is -1.31. The molecular weight excluding hydrogens is 906 g/mol. The molecule has 0 spiro atoms. The van der Waals surface area contributed by atoms with Gasteiger partial charge in [0.05, 0.1) is 39.6 Å². The van der Waals surface area contributed by atoms with Gasteiger partial charge in [-0.3, -0.25) is 14.4 Å². The van der Waals surface area contributed by atoms with E-state index in [2.05, 4.69) is 16.0 Å². The lowest BCUT2D eigenvalue weighted by molar-refractivity contribution is -0.270. The average molecular weight is 988 g/mol. The lowest BCUT2D eigenvalue weighted by atomic mass is 9.94. The Balaban J connectivity index is 1.42. The van der Waals surface area contributed by atoms with E-state index in [1.54, 1.807) is 0 Å². The number of ether oxygens (including phenoxy) is 9. The van der Waals surface area contributed by atoms with Gasteiger partial charge >= 0.3 is 0 Å². The van der Waals surface area contributed by atoms with Gasteiger partial charge < -0.3 is 105 Å². The first kappa shape index (κ1) is 60.0. The van der Waals surface area contributed by atoms with Crippen LogP contribution in [0.5, 0.6) is 0 Å². The van der Waals surface area contributed by atoms with Gasteiger partial charge in [-0.2, -0.15) is 0 Å². The Hall–Kier alpha value is -2.31. The predicted octanol–water partition coefficient (Wildman–Crippen LogP) is -3.57. The normalized spacial score (nSPS) is 32.9. The number of hydrogen-bond donors (Lipinski definition) is 12. The minimum atomic E-state index is -1.40. The first-order chi connectivity index (χ1) is 32.5. The van der Waals surface area contributed by atoms with E-state index in [0.717, 1.165) is 19.3 Å². The number of carbonyl (C=O) groups excluding carboxylic acids is 3. The highest BCUT2D eigenvalue weighted by molar-refractivity contribution is 5.74. The molecule has 0 saturated carbocycles. The van der Waals surface area contributed by atoms with Crippen LogP contribution < -0.4 is 16.0 Å². The molecule has 3 rings (SSSR count). The van der Waals surface area contributed by atoms with Crippen molar-refractivity contribution < 1.29 is 103 Å². The summed E-state index contributed by atoms with van der Waals surface area (Å²) in [6, 6.07) is -3.04. The molecule has 3 saturated heterocycles. The third-order valence-corrected chi connectivity index (χ3v) is 11.7. The summed E-state index contributed by atoms with van der Waals surface area (Å²) >= 11 is 0. The Bertz CT molecular complexity index is 1260. The highest BCUT2D eigenvalue weighted by atomic mass is 16.7. The van der Waals surface area contributed by atoms with E-state index in [9.17, 15) is 60.3 Å². The summed E-state index contributed by atoms with van der Waals surface area (Å²) in [6.45, 7) is 7.20. The average Bonchev–Trinajstić information content (AvgIpc) is 3.29. The van der Waals surface area contributed by atoms with Crippen molar-refractivity contribution in [1.82, 2.24) is 16.0 Å². The number of unbranched alkanes of at least 4 members (excludes halogenated alkanes) is 6. The van der Waals surface area contributed by atoms with Crippen LogP contribution in [0.25, 0.3) is 0 Å². The van der Waals surface area contributed by atoms with Crippen LogP contribution in [-0.4, -0.2) is 235 Å². The highest BCUT2D eigenvalue weighted by Crippen LogP contribution is 2.26. The molecule has 24 nitrogen and oxygen atoms in total. The third kappa shape index (κ3) is 20.1. The molecule has 0 bridgehead atoms. The molecular formula is C44H81N3O21. The number of nitrogens with one attached hydrogen (secondary N) is 3.